The molecule has 1 saturated heterocycles. The highest BCUT2D eigenvalue weighted by molar-refractivity contribution is 5.95. The van der Waals surface area contributed by atoms with Crippen LogP contribution in [0.15, 0.2) is 46.9 Å². The van der Waals surface area contributed by atoms with E-state index in [4.69, 9.17) is 9.15 Å². The van der Waals surface area contributed by atoms with Crippen LogP contribution in [0.3, 0.4) is 0 Å². The predicted molar refractivity (Wildman–Crippen MR) is 126 cm³/mol. The number of hydrogen-bond acceptors (Lipinski definition) is 5. The molecule has 1 aromatic carbocycles. The van der Waals surface area contributed by atoms with Crippen molar-refractivity contribution in [3.63, 3.8) is 0 Å². The number of amides is 2. The second kappa shape index (κ2) is 11.5. The minimum Gasteiger partial charge on any atom is -0.455 e. The Morgan fingerprint density at radius 1 is 1.06 bits per heavy atom. The first-order chi connectivity index (χ1) is 16.1. The lowest BCUT2D eigenvalue weighted by molar-refractivity contribution is -0.126. The Morgan fingerprint density at radius 3 is 2.52 bits per heavy atom. The molecule has 2 amide bonds. The lowest BCUT2D eigenvalue weighted by Crippen LogP contribution is -2.50. The number of furan rings is 1. The standard InChI is InChI=1S/C26H35N3O4/c1-20(25(30)27-22-10-6-3-7-11-22)29(18-21-8-4-2-5-9-21)26(31)24-13-12-23(33-24)19-28-14-16-32-17-15-28/h2,4-5,8-9,12-13,20,22H,3,6-7,10-11,14-19H2,1H3,(H,27,30). The summed E-state index contributed by atoms with van der Waals surface area (Å²) in [4.78, 5) is 30.5. The van der Waals surface area contributed by atoms with E-state index in [1.165, 1.54) is 6.42 Å². The van der Waals surface area contributed by atoms with Crippen molar-refractivity contribution in [2.24, 2.45) is 0 Å². The van der Waals surface area contributed by atoms with Gasteiger partial charge in [0, 0.05) is 25.7 Å². The molecule has 1 saturated carbocycles. The Balaban J connectivity index is 1.47. The van der Waals surface area contributed by atoms with E-state index in [9.17, 15) is 9.59 Å². The molecule has 1 aromatic heterocycles. The van der Waals surface area contributed by atoms with E-state index in [0.717, 1.165) is 50.1 Å². The van der Waals surface area contributed by atoms with Crippen LogP contribution in [-0.4, -0.2) is 60.0 Å². The fourth-order valence-corrected chi connectivity index (χ4v) is 4.57. The zero-order valence-corrected chi connectivity index (χ0v) is 19.5. The number of morpholine rings is 1. The third-order valence-electron chi connectivity index (χ3n) is 6.61. The third-order valence-corrected chi connectivity index (χ3v) is 6.61. The molecule has 7 nitrogen and oxygen atoms in total. The van der Waals surface area contributed by atoms with Crippen LogP contribution in [0, 0.1) is 0 Å². The Bertz CT molecular complexity index is 901. The molecule has 33 heavy (non-hydrogen) atoms. The molecule has 7 heteroatoms. The minimum absolute atomic E-state index is 0.105. The summed E-state index contributed by atoms with van der Waals surface area (Å²) < 4.78 is 11.3. The van der Waals surface area contributed by atoms with Gasteiger partial charge in [0.1, 0.15) is 11.8 Å². The summed E-state index contributed by atoms with van der Waals surface area (Å²) >= 11 is 0. The Kier molecular flexibility index (Phi) is 8.18. The number of ether oxygens (including phenoxy) is 1. The van der Waals surface area contributed by atoms with Gasteiger partial charge in [0.15, 0.2) is 5.76 Å². The van der Waals surface area contributed by atoms with Crippen LogP contribution in [0.5, 0.6) is 0 Å². The third kappa shape index (κ3) is 6.45. The van der Waals surface area contributed by atoms with Gasteiger partial charge in [-0.1, -0.05) is 49.6 Å². The molecule has 0 radical (unpaired) electrons. The van der Waals surface area contributed by atoms with E-state index in [0.29, 0.717) is 26.3 Å². The first-order valence-electron chi connectivity index (χ1n) is 12.1. The van der Waals surface area contributed by atoms with E-state index >= 15 is 0 Å². The fraction of sp³-hybridized carbons (Fsp3) is 0.538. The summed E-state index contributed by atoms with van der Waals surface area (Å²) in [6.07, 6.45) is 5.53. The first kappa shape index (κ1) is 23.5. The normalized spacial score (nSPS) is 18.6. The molecule has 1 aliphatic heterocycles. The molecule has 1 aliphatic carbocycles. The van der Waals surface area contributed by atoms with E-state index < -0.39 is 6.04 Å². The van der Waals surface area contributed by atoms with Crippen molar-refractivity contribution in [1.29, 1.82) is 0 Å². The topological polar surface area (TPSA) is 75.0 Å². The van der Waals surface area contributed by atoms with Crippen molar-refractivity contribution in [2.75, 3.05) is 26.3 Å². The molecule has 1 unspecified atom stereocenters. The van der Waals surface area contributed by atoms with Crippen LogP contribution in [0.1, 0.15) is 60.9 Å². The Labute approximate surface area is 196 Å². The van der Waals surface area contributed by atoms with Crippen molar-refractivity contribution in [3.05, 3.63) is 59.5 Å². The van der Waals surface area contributed by atoms with Crippen molar-refractivity contribution in [1.82, 2.24) is 15.1 Å². The molecule has 2 aromatic rings. The maximum absolute atomic E-state index is 13.5. The molecule has 2 aliphatic rings. The highest BCUT2D eigenvalue weighted by atomic mass is 16.5. The molecular weight excluding hydrogens is 418 g/mol. The molecular formula is C26H35N3O4. The largest absolute Gasteiger partial charge is 0.455 e. The first-order valence-corrected chi connectivity index (χ1v) is 12.1. The molecule has 0 bridgehead atoms. The van der Waals surface area contributed by atoms with Crippen molar-refractivity contribution >= 4 is 11.8 Å². The SMILES string of the molecule is CC(C(=O)NC1CCCCC1)N(Cc1ccccc1)C(=O)c1ccc(CN2CCOCC2)o1. The minimum atomic E-state index is -0.604. The van der Waals surface area contributed by atoms with Crippen LogP contribution >= 0.6 is 0 Å². The Hall–Kier alpha value is -2.64. The van der Waals surface area contributed by atoms with Gasteiger partial charge in [0.2, 0.25) is 5.91 Å². The molecule has 1 atom stereocenters. The van der Waals surface area contributed by atoms with Gasteiger partial charge < -0.3 is 19.4 Å². The summed E-state index contributed by atoms with van der Waals surface area (Å²) in [5.74, 6) is 0.649. The van der Waals surface area contributed by atoms with Gasteiger partial charge in [-0.25, -0.2) is 0 Å². The van der Waals surface area contributed by atoms with Gasteiger partial charge in [-0.15, -0.1) is 0 Å². The molecule has 178 valence electrons. The summed E-state index contributed by atoms with van der Waals surface area (Å²) in [7, 11) is 0. The van der Waals surface area contributed by atoms with Gasteiger partial charge in [0.25, 0.3) is 5.91 Å². The monoisotopic (exact) mass is 453 g/mol. The second-order valence-electron chi connectivity index (χ2n) is 9.09. The van der Waals surface area contributed by atoms with Crippen molar-refractivity contribution in [2.45, 2.75) is 64.2 Å². The van der Waals surface area contributed by atoms with E-state index in [-0.39, 0.29) is 23.6 Å². The number of hydrogen-bond donors (Lipinski definition) is 1. The summed E-state index contributed by atoms with van der Waals surface area (Å²) in [6, 6.07) is 12.9. The summed E-state index contributed by atoms with van der Waals surface area (Å²) in [5, 5.41) is 3.17. The number of nitrogens with one attached hydrogen (secondary N) is 1. The summed E-state index contributed by atoms with van der Waals surface area (Å²) in [5.41, 5.74) is 0.975. The van der Waals surface area contributed by atoms with Crippen LogP contribution < -0.4 is 5.32 Å². The van der Waals surface area contributed by atoms with Crippen molar-refractivity contribution < 1.29 is 18.7 Å². The quantitative estimate of drug-likeness (QED) is 0.661. The number of rotatable bonds is 8. The predicted octanol–water partition coefficient (Wildman–Crippen LogP) is 3.59. The highest BCUT2D eigenvalue weighted by Gasteiger charge is 2.30. The smallest absolute Gasteiger partial charge is 0.290 e. The van der Waals surface area contributed by atoms with Gasteiger partial charge in [-0.3, -0.25) is 14.5 Å². The molecule has 4 rings (SSSR count). The highest BCUT2D eigenvalue weighted by Crippen LogP contribution is 2.20. The van der Waals surface area contributed by atoms with Gasteiger partial charge in [0.05, 0.1) is 19.8 Å². The van der Waals surface area contributed by atoms with Gasteiger partial charge in [-0.05, 0) is 37.5 Å². The zero-order chi connectivity index (χ0) is 23.0. The average Bonchev–Trinajstić information content (AvgIpc) is 3.32. The maximum atomic E-state index is 13.5. The lowest BCUT2D eigenvalue weighted by atomic mass is 9.95. The van der Waals surface area contributed by atoms with Crippen molar-refractivity contribution in [3.8, 4) is 0 Å². The van der Waals surface area contributed by atoms with E-state index in [2.05, 4.69) is 10.2 Å². The number of carbonyl (C=O) groups is 2. The lowest BCUT2D eigenvalue weighted by Gasteiger charge is -2.30. The molecule has 1 N–H and O–H groups in total. The van der Waals surface area contributed by atoms with E-state index in [1.807, 2.05) is 36.4 Å². The Morgan fingerprint density at radius 2 is 1.79 bits per heavy atom. The fourth-order valence-electron chi connectivity index (χ4n) is 4.57. The van der Waals surface area contributed by atoms with Crippen LogP contribution in [0.4, 0.5) is 0 Å². The van der Waals surface area contributed by atoms with Crippen LogP contribution in [0.2, 0.25) is 0 Å². The molecule has 2 heterocycles. The zero-order valence-electron chi connectivity index (χ0n) is 19.5. The van der Waals surface area contributed by atoms with Gasteiger partial charge in [-0.2, -0.15) is 0 Å². The van der Waals surface area contributed by atoms with Crippen LogP contribution in [-0.2, 0) is 22.6 Å². The maximum Gasteiger partial charge on any atom is 0.290 e. The second-order valence-corrected chi connectivity index (χ2v) is 9.09. The number of nitrogens with zero attached hydrogens (tertiary/aromatic N) is 2. The summed E-state index contributed by atoms with van der Waals surface area (Å²) in [6.45, 7) is 5.92. The van der Waals surface area contributed by atoms with Crippen LogP contribution in [0.25, 0.3) is 0 Å². The number of carbonyl (C=O) groups excluding carboxylic acids is 2. The number of benzene rings is 1. The molecule has 0 spiro atoms. The van der Waals surface area contributed by atoms with Gasteiger partial charge >= 0.3 is 0 Å². The average molecular weight is 454 g/mol. The molecule has 2 fully saturated rings. The van der Waals surface area contributed by atoms with E-state index in [1.54, 1.807) is 17.9 Å².